The van der Waals surface area contributed by atoms with Crippen molar-refractivity contribution < 1.29 is 57.2 Å². The molecule has 2 aliphatic heterocycles. The summed E-state index contributed by atoms with van der Waals surface area (Å²) in [6.45, 7) is 12.8. The molecule has 0 saturated carbocycles. The average molecular weight is 760 g/mol. The van der Waals surface area contributed by atoms with E-state index in [-0.39, 0.29) is 54.9 Å². The van der Waals surface area contributed by atoms with Crippen molar-refractivity contribution in [2.75, 3.05) is 21.3 Å². The van der Waals surface area contributed by atoms with E-state index in [1.54, 1.807) is 33.3 Å². The van der Waals surface area contributed by atoms with Crippen LogP contribution in [-0.2, 0) is 42.7 Å². The third kappa shape index (κ3) is 12.7. The number of nitro groups is 1. The number of non-ortho nitro benzene ring substituents is 1. The Balaban J connectivity index is 1.88. The van der Waals surface area contributed by atoms with Gasteiger partial charge >= 0.3 is 18.1 Å². The Labute approximate surface area is 318 Å². The number of cyclic esters (lactones) is 1. The van der Waals surface area contributed by atoms with E-state index in [4.69, 9.17) is 37.9 Å². The minimum absolute atomic E-state index is 0.0189. The maximum absolute atomic E-state index is 13.3. The number of carbonyl (C=O) groups excluding carboxylic acids is 3. The van der Waals surface area contributed by atoms with Crippen molar-refractivity contribution in [2.45, 2.75) is 128 Å². The molecule has 1 saturated heterocycles. The average Bonchev–Trinajstić information content (AvgIpc) is 3.88. The normalized spacial score (nSPS) is 29.4. The summed E-state index contributed by atoms with van der Waals surface area (Å²) in [6.07, 6.45) is 7.54. The quantitative estimate of drug-likeness (QED) is 0.0257. The summed E-state index contributed by atoms with van der Waals surface area (Å²) in [7, 11) is 4.85. The fourth-order valence-electron chi connectivity index (χ4n) is 6.79. The number of nitro benzene ring substituents is 1. The zero-order chi connectivity index (χ0) is 40.2. The predicted octanol–water partition coefficient (Wildman–Crippen LogP) is 7.23. The van der Waals surface area contributed by atoms with Crippen molar-refractivity contribution in [3.8, 4) is 5.75 Å². The molecule has 0 aliphatic carbocycles. The van der Waals surface area contributed by atoms with Crippen molar-refractivity contribution in [3.05, 3.63) is 70.3 Å². The molecular formula is C40H57NO13. The molecule has 2 aliphatic rings. The van der Waals surface area contributed by atoms with E-state index in [1.165, 1.54) is 38.3 Å². The molecule has 0 bridgehead atoms. The third-order valence-corrected chi connectivity index (χ3v) is 10.2. The van der Waals surface area contributed by atoms with Gasteiger partial charge in [-0.05, 0) is 63.8 Å². The van der Waals surface area contributed by atoms with Crippen LogP contribution in [0.5, 0.6) is 5.75 Å². The highest BCUT2D eigenvalue weighted by molar-refractivity contribution is 5.70. The lowest BCUT2D eigenvalue weighted by Crippen LogP contribution is -2.46. The van der Waals surface area contributed by atoms with Crippen molar-refractivity contribution in [2.24, 2.45) is 11.8 Å². The van der Waals surface area contributed by atoms with E-state index in [1.807, 2.05) is 39.0 Å². The molecule has 14 nitrogen and oxygen atoms in total. The molecule has 14 heteroatoms. The van der Waals surface area contributed by atoms with Crippen LogP contribution < -0.4 is 4.74 Å². The van der Waals surface area contributed by atoms with Crippen molar-refractivity contribution >= 4 is 23.8 Å². The standard InChI is InChI=1S/C40H57NO13/c1-11-32(48-9)27(4)37-33(51-37)24-39(6,49-10)21-12-13-25(2)36-26(3)14-19-34(52-38(44)50-30-17-15-29(16-18-30)41(45)46)40(7,54-28(5)42)22-20-31(47-8)23-35(43)53-36/h12-19,21,26-27,31-34,36-37H,11,20,22-24H2,1-10H3/b19-14+,21-12+,25-13+/t26-,27+,31+,32-,33+,34-,36+,37+,39-,40+/m0/s1. The molecule has 1 fully saturated rings. The minimum Gasteiger partial charge on any atom is -0.457 e. The lowest BCUT2D eigenvalue weighted by Gasteiger charge is -2.36. The van der Waals surface area contributed by atoms with Gasteiger partial charge in [-0.2, -0.15) is 0 Å². The van der Waals surface area contributed by atoms with E-state index < -0.39 is 58.4 Å². The van der Waals surface area contributed by atoms with E-state index >= 15 is 0 Å². The lowest BCUT2D eigenvalue weighted by atomic mass is 9.88. The van der Waals surface area contributed by atoms with Crippen molar-refractivity contribution in [1.82, 2.24) is 0 Å². The Kier molecular flexibility index (Phi) is 16.4. The summed E-state index contributed by atoms with van der Waals surface area (Å²) in [5, 5.41) is 11.0. The molecule has 0 spiro atoms. The van der Waals surface area contributed by atoms with Crippen LogP contribution in [-0.4, -0.2) is 92.2 Å². The summed E-state index contributed by atoms with van der Waals surface area (Å²) >= 11 is 0. The van der Waals surface area contributed by atoms with Gasteiger partial charge in [0.1, 0.15) is 17.5 Å². The van der Waals surface area contributed by atoms with Gasteiger partial charge in [0, 0.05) is 58.6 Å². The number of allylic oxidation sites excluding steroid dienone is 2. The van der Waals surface area contributed by atoms with Gasteiger partial charge in [0.05, 0.1) is 41.4 Å². The highest BCUT2D eigenvalue weighted by atomic mass is 16.7. The molecule has 1 aromatic rings. The molecule has 0 radical (unpaired) electrons. The number of ether oxygens (including phenoxy) is 8. The molecule has 54 heavy (non-hydrogen) atoms. The predicted molar refractivity (Wildman–Crippen MR) is 199 cm³/mol. The minimum atomic E-state index is -1.40. The third-order valence-electron chi connectivity index (χ3n) is 10.2. The van der Waals surface area contributed by atoms with E-state index in [2.05, 4.69) is 13.8 Å². The summed E-state index contributed by atoms with van der Waals surface area (Å²) in [5.41, 5.74) is -1.46. The van der Waals surface area contributed by atoms with Crippen LogP contribution in [0.3, 0.4) is 0 Å². The van der Waals surface area contributed by atoms with Gasteiger partial charge in [-0.25, -0.2) is 4.79 Å². The monoisotopic (exact) mass is 759 g/mol. The molecule has 1 aromatic carbocycles. The number of rotatable bonds is 15. The Hall–Kier alpha value is -4.11. The Bertz CT molecular complexity index is 1520. The van der Waals surface area contributed by atoms with Gasteiger partial charge < -0.3 is 37.9 Å². The summed E-state index contributed by atoms with van der Waals surface area (Å²) in [5.74, 6) is -1.25. The second-order valence-corrected chi connectivity index (χ2v) is 14.5. The smallest absolute Gasteiger partial charge is 0.457 e. The van der Waals surface area contributed by atoms with E-state index in [0.29, 0.717) is 6.42 Å². The first-order valence-electron chi connectivity index (χ1n) is 18.3. The van der Waals surface area contributed by atoms with Crippen LogP contribution in [0, 0.1) is 22.0 Å². The van der Waals surface area contributed by atoms with Crippen LogP contribution >= 0.6 is 0 Å². The fourth-order valence-corrected chi connectivity index (χ4v) is 6.79. The first-order valence-corrected chi connectivity index (χ1v) is 18.3. The summed E-state index contributed by atoms with van der Waals surface area (Å²) < 4.78 is 46.1. The Morgan fingerprint density at radius 1 is 1.15 bits per heavy atom. The van der Waals surface area contributed by atoms with Crippen molar-refractivity contribution in [3.63, 3.8) is 0 Å². The topological polar surface area (TPSA) is 171 Å². The van der Waals surface area contributed by atoms with Gasteiger partial charge in [-0.1, -0.05) is 45.1 Å². The highest BCUT2D eigenvalue weighted by Gasteiger charge is 2.48. The molecule has 0 N–H and O–H groups in total. The number of hydrogen-bond acceptors (Lipinski definition) is 13. The number of methoxy groups -OCH3 is 3. The van der Waals surface area contributed by atoms with Gasteiger partial charge in [-0.15, -0.1) is 0 Å². The molecule has 0 amide bonds. The first kappa shape index (κ1) is 44.3. The van der Waals surface area contributed by atoms with Crippen LogP contribution in [0.4, 0.5) is 10.5 Å². The number of carbonyl (C=O) groups is 3. The molecule has 0 unspecified atom stereocenters. The maximum atomic E-state index is 13.3. The SMILES string of the molecule is CC[C@H](OC)[C@@H](C)[C@H]1O[C@@H]1C[C@](C)(/C=C/C=C(\C)[C@H]1OC(=O)C[C@H](OC)CC[C@@](C)(OC(C)=O)[C@@H](OC(=O)Oc2ccc([N+](=O)[O-])cc2)/C=C/[C@@H]1C)OC. The highest BCUT2D eigenvalue weighted by Crippen LogP contribution is 2.39. The van der Waals surface area contributed by atoms with Gasteiger partial charge in [0.2, 0.25) is 0 Å². The second-order valence-electron chi connectivity index (χ2n) is 14.5. The zero-order valence-electron chi connectivity index (χ0n) is 33.1. The van der Waals surface area contributed by atoms with Crippen LogP contribution in [0.25, 0.3) is 0 Å². The van der Waals surface area contributed by atoms with E-state index in [9.17, 15) is 24.5 Å². The molecule has 0 aromatic heterocycles. The Morgan fingerprint density at radius 3 is 2.41 bits per heavy atom. The number of benzene rings is 1. The Morgan fingerprint density at radius 2 is 1.83 bits per heavy atom. The van der Waals surface area contributed by atoms with Crippen molar-refractivity contribution in [1.29, 1.82) is 0 Å². The molecule has 3 rings (SSSR count). The zero-order valence-corrected chi connectivity index (χ0v) is 33.1. The molecule has 10 atom stereocenters. The largest absolute Gasteiger partial charge is 0.514 e. The number of epoxide rings is 1. The van der Waals surface area contributed by atoms with Crippen LogP contribution in [0.15, 0.2) is 60.2 Å². The summed E-state index contributed by atoms with van der Waals surface area (Å²) in [6, 6.07) is 4.93. The van der Waals surface area contributed by atoms with Crippen LogP contribution in [0.1, 0.15) is 80.6 Å². The van der Waals surface area contributed by atoms with Crippen LogP contribution in [0.2, 0.25) is 0 Å². The number of hydrogen-bond donors (Lipinski definition) is 0. The fraction of sp³-hybridized carbons (Fsp3) is 0.625. The molecule has 300 valence electrons. The van der Waals surface area contributed by atoms with Gasteiger partial charge in [-0.3, -0.25) is 19.7 Å². The number of esters is 2. The first-order chi connectivity index (χ1) is 25.5. The maximum Gasteiger partial charge on any atom is 0.514 e. The molecular weight excluding hydrogens is 702 g/mol. The molecule has 2 heterocycles. The van der Waals surface area contributed by atoms with Gasteiger partial charge in [0.25, 0.3) is 5.69 Å². The lowest BCUT2D eigenvalue weighted by molar-refractivity contribution is -0.384. The van der Waals surface area contributed by atoms with Gasteiger partial charge in [0.15, 0.2) is 6.10 Å². The second kappa shape index (κ2) is 20.0. The number of nitrogens with zero attached hydrogens (tertiary/aromatic N) is 1. The summed E-state index contributed by atoms with van der Waals surface area (Å²) in [4.78, 5) is 49.2. The van der Waals surface area contributed by atoms with E-state index in [0.717, 1.165) is 12.0 Å².